The average molecular weight is 279 g/mol. The zero-order valence-electron chi connectivity index (χ0n) is 13.5. The topological polar surface area (TPSA) is 18.5 Å². The molecule has 0 amide bonds. The monoisotopic (exact) mass is 279 g/mol. The predicted octanol–water partition coefficient (Wildman–Crippen LogP) is 2.32. The van der Waals surface area contributed by atoms with Gasteiger partial charge in [-0.15, -0.1) is 0 Å². The number of likely N-dealkylation sites (tertiary alicyclic amines) is 1. The normalized spacial score (nSPS) is 38.0. The molecular formula is C17H33N3. The van der Waals surface area contributed by atoms with Crippen LogP contribution in [-0.4, -0.2) is 60.6 Å². The second-order valence-corrected chi connectivity index (χ2v) is 7.23. The maximum atomic E-state index is 3.77. The van der Waals surface area contributed by atoms with Crippen molar-refractivity contribution in [2.45, 2.75) is 70.5 Å². The van der Waals surface area contributed by atoms with E-state index in [0.717, 1.165) is 24.0 Å². The van der Waals surface area contributed by atoms with Gasteiger partial charge in [0, 0.05) is 24.7 Å². The average Bonchev–Trinajstić information content (AvgIpc) is 3.05. The largest absolute Gasteiger partial charge is 0.311 e. The molecule has 3 atom stereocenters. The number of fused-ring (bicyclic) bond motifs is 2. The van der Waals surface area contributed by atoms with E-state index in [9.17, 15) is 0 Å². The minimum atomic E-state index is 0.828. The molecule has 3 rings (SSSR count). The summed E-state index contributed by atoms with van der Waals surface area (Å²) in [5, 5.41) is 3.77. The van der Waals surface area contributed by atoms with Crippen molar-refractivity contribution in [3.8, 4) is 0 Å². The lowest BCUT2D eigenvalue weighted by Crippen LogP contribution is -2.40. The third kappa shape index (κ3) is 3.37. The molecule has 0 saturated carbocycles. The fraction of sp³-hybridized carbons (Fsp3) is 1.00. The second-order valence-electron chi connectivity index (χ2n) is 7.23. The van der Waals surface area contributed by atoms with Gasteiger partial charge in [-0.2, -0.15) is 0 Å². The Hall–Kier alpha value is -0.120. The Kier molecular flexibility index (Phi) is 5.00. The van der Waals surface area contributed by atoms with E-state index < -0.39 is 0 Å². The Morgan fingerprint density at radius 3 is 2.40 bits per heavy atom. The quantitative estimate of drug-likeness (QED) is 0.805. The highest BCUT2D eigenvalue weighted by molar-refractivity contribution is 4.92. The lowest BCUT2D eigenvalue weighted by Gasteiger charge is -2.30. The standard InChI is InChI=1S/C17H33N3/c1-3-20(4-2)17-8-10-19(13-17)9-7-14-11-15-5-6-16(12-14)18-15/h14-18H,3-13H2,1-2H3. The third-order valence-electron chi connectivity index (χ3n) is 6.00. The van der Waals surface area contributed by atoms with Gasteiger partial charge in [0.05, 0.1) is 0 Å². The summed E-state index contributed by atoms with van der Waals surface area (Å²) in [5.41, 5.74) is 0. The molecule has 0 aliphatic carbocycles. The maximum absolute atomic E-state index is 3.77. The predicted molar refractivity (Wildman–Crippen MR) is 85.1 cm³/mol. The Morgan fingerprint density at radius 2 is 1.75 bits per heavy atom. The fourth-order valence-electron chi connectivity index (χ4n) is 4.83. The molecule has 0 aromatic heterocycles. The molecule has 116 valence electrons. The first-order chi connectivity index (χ1) is 9.78. The Morgan fingerprint density at radius 1 is 1.05 bits per heavy atom. The molecule has 3 fully saturated rings. The lowest BCUT2D eigenvalue weighted by atomic mass is 9.89. The summed E-state index contributed by atoms with van der Waals surface area (Å²) in [6.07, 6.45) is 8.61. The van der Waals surface area contributed by atoms with Gasteiger partial charge in [-0.1, -0.05) is 13.8 Å². The Bertz CT molecular complexity index is 291. The van der Waals surface area contributed by atoms with Gasteiger partial charge in [0.15, 0.2) is 0 Å². The van der Waals surface area contributed by atoms with E-state index >= 15 is 0 Å². The molecule has 3 aliphatic heterocycles. The first-order valence-corrected chi connectivity index (χ1v) is 9.01. The number of likely N-dealkylation sites (N-methyl/N-ethyl adjacent to an activating group) is 1. The number of hydrogen-bond acceptors (Lipinski definition) is 3. The summed E-state index contributed by atoms with van der Waals surface area (Å²) < 4.78 is 0. The number of nitrogens with zero attached hydrogens (tertiary/aromatic N) is 2. The third-order valence-corrected chi connectivity index (χ3v) is 6.00. The van der Waals surface area contributed by atoms with Crippen LogP contribution >= 0.6 is 0 Å². The summed E-state index contributed by atoms with van der Waals surface area (Å²) in [5.74, 6) is 1.00. The Labute approximate surface area is 125 Å². The maximum Gasteiger partial charge on any atom is 0.0235 e. The molecule has 0 aromatic carbocycles. The SMILES string of the molecule is CCN(CC)C1CCN(CCC2CC3CCC(C2)N3)C1. The van der Waals surface area contributed by atoms with E-state index in [2.05, 4.69) is 29.0 Å². The molecule has 3 aliphatic rings. The summed E-state index contributed by atoms with van der Waals surface area (Å²) in [6.45, 7) is 11.0. The molecule has 2 bridgehead atoms. The zero-order chi connectivity index (χ0) is 13.9. The number of piperidine rings is 1. The molecule has 0 radical (unpaired) electrons. The minimum absolute atomic E-state index is 0.828. The molecule has 20 heavy (non-hydrogen) atoms. The van der Waals surface area contributed by atoms with Crippen molar-refractivity contribution in [3.05, 3.63) is 0 Å². The van der Waals surface area contributed by atoms with Crippen molar-refractivity contribution >= 4 is 0 Å². The highest BCUT2D eigenvalue weighted by atomic mass is 15.2. The smallest absolute Gasteiger partial charge is 0.0235 e. The molecule has 3 nitrogen and oxygen atoms in total. The van der Waals surface area contributed by atoms with E-state index in [1.807, 2.05) is 0 Å². The van der Waals surface area contributed by atoms with E-state index in [1.165, 1.54) is 71.2 Å². The van der Waals surface area contributed by atoms with Gasteiger partial charge in [0.2, 0.25) is 0 Å². The second kappa shape index (κ2) is 6.76. The van der Waals surface area contributed by atoms with Crippen LogP contribution in [0.15, 0.2) is 0 Å². The van der Waals surface area contributed by atoms with Gasteiger partial charge in [0.25, 0.3) is 0 Å². The van der Waals surface area contributed by atoms with Crippen LogP contribution in [0.3, 0.4) is 0 Å². The van der Waals surface area contributed by atoms with Gasteiger partial charge >= 0.3 is 0 Å². The highest BCUT2D eigenvalue weighted by Gasteiger charge is 2.34. The van der Waals surface area contributed by atoms with Gasteiger partial charge < -0.3 is 10.2 Å². The fourth-order valence-corrected chi connectivity index (χ4v) is 4.83. The van der Waals surface area contributed by atoms with E-state index in [0.29, 0.717) is 0 Å². The van der Waals surface area contributed by atoms with E-state index in [4.69, 9.17) is 0 Å². The first kappa shape index (κ1) is 14.8. The summed E-state index contributed by atoms with van der Waals surface area (Å²) in [6, 6.07) is 2.55. The molecule has 0 aromatic rings. The summed E-state index contributed by atoms with van der Waals surface area (Å²) in [7, 11) is 0. The van der Waals surface area contributed by atoms with Crippen LogP contribution in [0.2, 0.25) is 0 Å². The van der Waals surface area contributed by atoms with E-state index in [1.54, 1.807) is 0 Å². The molecule has 3 heteroatoms. The van der Waals surface area contributed by atoms with Crippen molar-refractivity contribution in [1.82, 2.24) is 15.1 Å². The van der Waals surface area contributed by atoms with Crippen LogP contribution < -0.4 is 5.32 Å². The van der Waals surface area contributed by atoms with Crippen LogP contribution in [0.1, 0.15) is 52.4 Å². The molecule has 0 spiro atoms. The molecule has 3 saturated heterocycles. The molecule has 1 N–H and O–H groups in total. The molecular weight excluding hydrogens is 246 g/mol. The molecule has 3 unspecified atom stereocenters. The van der Waals surface area contributed by atoms with Crippen molar-refractivity contribution in [2.75, 3.05) is 32.7 Å². The van der Waals surface area contributed by atoms with Crippen LogP contribution in [-0.2, 0) is 0 Å². The van der Waals surface area contributed by atoms with Crippen molar-refractivity contribution in [3.63, 3.8) is 0 Å². The summed E-state index contributed by atoms with van der Waals surface area (Å²) in [4.78, 5) is 5.37. The van der Waals surface area contributed by atoms with Gasteiger partial charge in [-0.05, 0) is 70.6 Å². The first-order valence-electron chi connectivity index (χ1n) is 9.01. The minimum Gasteiger partial charge on any atom is -0.311 e. The van der Waals surface area contributed by atoms with Crippen molar-refractivity contribution < 1.29 is 0 Å². The van der Waals surface area contributed by atoms with Crippen molar-refractivity contribution in [2.24, 2.45) is 5.92 Å². The van der Waals surface area contributed by atoms with Gasteiger partial charge in [-0.3, -0.25) is 4.90 Å². The zero-order valence-corrected chi connectivity index (χ0v) is 13.5. The van der Waals surface area contributed by atoms with Crippen LogP contribution in [0, 0.1) is 5.92 Å². The lowest BCUT2D eigenvalue weighted by molar-refractivity contribution is 0.200. The summed E-state index contributed by atoms with van der Waals surface area (Å²) >= 11 is 0. The molecule has 3 heterocycles. The Balaban J connectivity index is 1.39. The van der Waals surface area contributed by atoms with Crippen molar-refractivity contribution in [1.29, 1.82) is 0 Å². The van der Waals surface area contributed by atoms with Crippen LogP contribution in [0.5, 0.6) is 0 Å². The number of hydrogen-bond donors (Lipinski definition) is 1. The number of rotatable bonds is 6. The van der Waals surface area contributed by atoms with Crippen LogP contribution in [0.25, 0.3) is 0 Å². The van der Waals surface area contributed by atoms with E-state index in [-0.39, 0.29) is 0 Å². The highest BCUT2D eigenvalue weighted by Crippen LogP contribution is 2.33. The number of nitrogens with one attached hydrogen (secondary N) is 1. The van der Waals surface area contributed by atoms with Gasteiger partial charge in [0.1, 0.15) is 0 Å². The van der Waals surface area contributed by atoms with Gasteiger partial charge in [-0.25, -0.2) is 0 Å². The van der Waals surface area contributed by atoms with Crippen LogP contribution in [0.4, 0.5) is 0 Å².